The number of aromatic nitrogens is 1. The number of unbranched alkanes of at least 4 members (excludes halogenated alkanes) is 1. The van der Waals surface area contributed by atoms with E-state index >= 15 is 0 Å². The summed E-state index contributed by atoms with van der Waals surface area (Å²) in [5.74, 6) is -0.320. The van der Waals surface area contributed by atoms with Crippen molar-refractivity contribution in [3.63, 3.8) is 0 Å². The predicted octanol–water partition coefficient (Wildman–Crippen LogP) is 1.75. The number of pyridine rings is 1. The van der Waals surface area contributed by atoms with Crippen molar-refractivity contribution in [3.8, 4) is 0 Å². The summed E-state index contributed by atoms with van der Waals surface area (Å²) in [6.45, 7) is 0.628. The summed E-state index contributed by atoms with van der Waals surface area (Å²) >= 11 is 0. The second-order valence-corrected chi connectivity index (χ2v) is 6.55. The molecule has 0 spiro atoms. The molecule has 7 heteroatoms. The minimum absolute atomic E-state index is 0.320. The van der Waals surface area contributed by atoms with Gasteiger partial charge >= 0.3 is 0 Å². The smallest absolute Gasteiger partial charge is 0.225 e. The first-order chi connectivity index (χ1) is 11.0. The van der Waals surface area contributed by atoms with Gasteiger partial charge in [-0.3, -0.25) is 5.43 Å². The van der Waals surface area contributed by atoms with Gasteiger partial charge in [0, 0.05) is 24.3 Å². The number of rotatable bonds is 8. The van der Waals surface area contributed by atoms with E-state index in [9.17, 15) is 13.0 Å². The van der Waals surface area contributed by atoms with E-state index in [4.69, 9.17) is 0 Å². The molecule has 1 heterocycles. The monoisotopic (exact) mass is 333 g/mol. The summed E-state index contributed by atoms with van der Waals surface area (Å²) in [4.78, 5) is 0. The molecular formula is C16H19N3O3S. The minimum atomic E-state index is -4.13. The fourth-order valence-electron chi connectivity index (χ4n) is 2.06. The van der Waals surface area contributed by atoms with Gasteiger partial charge < -0.3 is 4.55 Å². The van der Waals surface area contributed by atoms with Gasteiger partial charge in [0.25, 0.3) is 0 Å². The maximum atomic E-state index is 10.6. The van der Waals surface area contributed by atoms with Crippen molar-refractivity contribution in [2.24, 2.45) is 5.10 Å². The van der Waals surface area contributed by atoms with E-state index in [1.165, 1.54) is 0 Å². The highest BCUT2D eigenvalue weighted by Crippen LogP contribution is 2.04. The first kappa shape index (κ1) is 17.1. The van der Waals surface area contributed by atoms with Crippen molar-refractivity contribution in [1.29, 1.82) is 0 Å². The van der Waals surface area contributed by atoms with Gasteiger partial charge in [0.05, 0.1) is 15.8 Å². The number of hydrazone groups is 1. The molecule has 0 aliphatic heterocycles. The zero-order chi connectivity index (χ0) is 16.5. The van der Waals surface area contributed by atoms with Crippen molar-refractivity contribution in [2.75, 3.05) is 11.2 Å². The van der Waals surface area contributed by atoms with Gasteiger partial charge in [-0.15, -0.1) is 0 Å². The van der Waals surface area contributed by atoms with Crippen molar-refractivity contribution < 1.29 is 17.5 Å². The van der Waals surface area contributed by atoms with Crippen molar-refractivity contribution in [1.82, 2.24) is 0 Å². The summed E-state index contributed by atoms with van der Waals surface area (Å²) in [5.41, 5.74) is 4.73. The van der Waals surface area contributed by atoms with Gasteiger partial charge in [0.1, 0.15) is 12.8 Å². The van der Waals surface area contributed by atoms with E-state index in [0.717, 1.165) is 11.4 Å². The lowest BCUT2D eigenvalue weighted by Crippen LogP contribution is -2.38. The molecule has 0 radical (unpaired) electrons. The maximum Gasteiger partial charge on any atom is 0.225 e. The van der Waals surface area contributed by atoms with Crippen LogP contribution >= 0.6 is 0 Å². The zero-order valence-corrected chi connectivity index (χ0v) is 13.4. The highest BCUT2D eigenvalue weighted by atomic mass is 32.2. The molecule has 2 aromatic rings. The lowest BCUT2D eigenvalue weighted by Gasteiger charge is -2.05. The standard InChI is InChI=1S/C16H19N3O3S/c20-23(21,22)13-7-6-12-19-11-5-4-10-16(19)14-17-18-15-8-2-1-3-9-15/h1-5,8-11,14H,6-7,12-13H2,(H,20,21,22). The number of para-hydroxylation sites is 1. The lowest BCUT2D eigenvalue weighted by molar-refractivity contribution is -0.698. The van der Waals surface area contributed by atoms with Crippen LogP contribution in [-0.4, -0.2) is 24.9 Å². The van der Waals surface area contributed by atoms with Gasteiger partial charge in [0.2, 0.25) is 5.69 Å². The van der Waals surface area contributed by atoms with Crippen molar-refractivity contribution >= 4 is 22.0 Å². The normalized spacial score (nSPS) is 11.7. The number of nitrogens with zero attached hydrogens (tertiary/aromatic N) is 2. The molecule has 0 fully saturated rings. The Bertz CT molecular complexity index is 746. The minimum Gasteiger partial charge on any atom is -0.748 e. The molecule has 0 amide bonds. The number of nitrogens with one attached hydrogen (secondary N) is 1. The van der Waals surface area contributed by atoms with E-state index in [1.54, 1.807) is 6.21 Å². The highest BCUT2D eigenvalue weighted by Gasteiger charge is 2.07. The quantitative estimate of drug-likeness (QED) is 0.262. The van der Waals surface area contributed by atoms with E-state index < -0.39 is 10.1 Å². The molecule has 23 heavy (non-hydrogen) atoms. The van der Waals surface area contributed by atoms with Gasteiger partial charge in [-0.05, 0) is 24.6 Å². The Morgan fingerprint density at radius 1 is 1.09 bits per heavy atom. The lowest BCUT2D eigenvalue weighted by atomic mass is 10.3. The van der Waals surface area contributed by atoms with Crippen LogP contribution in [0.1, 0.15) is 18.5 Å². The van der Waals surface area contributed by atoms with Crippen LogP contribution in [0.15, 0.2) is 59.8 Å². The molecule has 0 atom stereocenters. The molecule has 0 bridgehead atoms. The van der Waals surface area contributed by atoms with Crippen LogP contribution in [0.25, 0.3) is 0 Å². The van der Waals surface area contributed by atoms with Crippen molar-refractivity contribution in [3.05, 3.63) is 60.4 Å². The van der Waals surface area contributed by atoms with Gasteiger partial charge in [-0.1, -0.05) is 18.2 Å². The molecule has 6 nitrogen and oxygen atoms in total. The summed E-state index contributed by atoms with van der Waals surface area (Å²) < 4.78 is 33.7. The predicted molar refractivity (Wildman–Crippen MR) is 88.1 cm³/mol. The molecule has 0 aliphatic carbocycles. The van der Waals surface area contributed by atoms with E-state index in [1.807, 2.05) is 59.3 Å². The van der Waals surface area contributed by atoms with Crippen LogP contribution in [-0.2, 0) is 16.7 Å². The Balaban J connectivity index is 1.92. The zero-order valence-electron chi connectivity index (χ0n) is 12.6. The second kappa shape index (κ2) is 8.40. The summed E-state index contributed by atoms with van der Waals surface area (Å²) in [6.07, 6.45) is 4.57. The largest absolute Gasteiger partial charge is 0.748 e. The number of anilines is 1. The highest BCUT2D eigenvalue weighted by molar-refractivity contribution is 7.85. The Morgan fingerprint density at radius 2 is 1.83 bits per heavy atom. The third-order valence-electron chi connectivity index (χ3n) is 3.18. The molecule has 1 aromatic heterocycles. The average molecular weight is 333 g/mol. The molecule has 0 saturated heterocycles. The summed E-state index contributed by atoms with van der Waals surface area (Å²) in [7, 11) is -4.13. The Labute approximate surface area is 136 Å². The average Bonchev–Trinajstić information content (AvgIpc) is 2.53. The fourth-order valence-corrected chi connectivity index (χ4v) is 2.61. The molecule has 0 unspecified atom stereocenters. The molecule has 1 aromatic carbocycles. The molecule has 0 saturated carbocycles. The van der Waals surface area contributed by atoms with Gasteiger partial charge in [0.15, 0.2) is 6.20 Å². The fraction of sp³-hybridized carbons (Fsp3) is 0.250. The van der Waals surface area contributed by atoms with Crippen LogP contribution in [0.2, 0.25) is 0 Å². The van der Waals surface area contributed by atoms with Crippen LogP contribution < -0.4 is 9.99 Å². The topological polar surface area (TPSA) is 85.5 Å². The summed E-state index contributed by atoms with van der Waals surface area (Å²) in [6, 6.07) is 15.3. The van der Waals surface area contributed by atoms with Crippen LogP contribution in [0.5, 0.6) is 0 Å². The Morgan fingerprint density at radius 3 is 2.57 bits per heavy atom. The molecular weight excluding hydrogens is 314 g/mol. The van der Waals surface area contributed by atoms with E-state index in [0.29, 0.717) is 19.4 Å². The van der Waals surface area contributed by atoms with Crippen molar-refractivity contribution in [2.45, 2.75) is 19.4 Å². The second-order valence-electron chi connectivity index (χ2n) is 5.02. The third-order valence-corrected chi connectivity index (χ3v) is 3.97. The number of benzene rings is 1. The van der Waals surface area contributed by atoms with Crippen LogP contribution in [0.3, 0.4) is 0 Å². The number of hydrogen-bond acceptors (Lipinski definition) is 5. The first-order valence-corrected chi connectivity index (χ1v) is 8.88. The molecule has 1 N–H and O–H groups in total. The molecule has 122 valence electrons. The molecule has 2 rings (SSSR count). The number of hydrogen-bond donors (Lipinski definition) is 1. The molecule has 0 aliphatic rings. The number of aryl methyl sites for hydroxylation is 1. The Kier molecular flexibility index (Phi) is 6.25. The van der Waals surface area contributed by atoms with Gasteiger partial charge in [-0.25, -0.2) is 8.42 Å². The van der Waals surface area contributed by atoms with E-state index in [2.05, 4.69) is 10.5 Å². The maximum absolute atomic E-state index is 10.6. The summed E-state index contributed by atoms with van der Waals surface area (Å²) in [5, 5.41) is 4.20. The van der Waals surface area contributed by atoms with E-state index in [-0.39, 0.29) is 5.75 Å². The first-order valence-electron chi connectivity index (χ1n) is 7.31. The van der Waals surface area contributed by atoms with Gasteiger partial charge in [-0.2, -0.15) is 9.67 Å². The third kappa shape index (κ3) is 6.58. The Hall–Kier alpha value is -2.25. The SMILES string of the molecule is O=S(=O)([O-])CCCC[n+]1ccccc1C=NNc1ccccc1. The van der Waals surface area contributed by atoms with Crippen LogP contribution in [0.4, 0.5) is 5.69 Å². The van der Waals surface area contributed by atoms with Crippen LogP contribution in [0, 0.1) is 0 Å².